The second-order valence-electron chi connectivity index (χ2n) is 7.70. The molecule has 0 radical (unpaired) electrons. The number of nitrogens with one attached hydrogen (secondary N) is 2. The Morgan fingerprint density at radius 3 is 2.80 bits per heavy atom. The second kappa shape index (κ2) is 8.43. The van der Waals surface area contributed by atoms with E-state index >= 15 is 0 Å². The van der Waals surface area contributed by atoms with E-state index in [1.807, 2.05) is 11.1 Å². The van der Waals surface area contributed by atoms with Gasteiger partial charge in [0.15, 0.2) is 0 Å². The van der Waals surface area contributed by atoms with Crippen LogP contribution in [0.5, 0.6) is 0 Å². The number of benzene rings is 1. The van der Waals surface area contributed by atoms with Crippen molar-refractivity contribution in [3.63, 3.8) is 0 Å². The summed E-state index contributed by atoms with van der Waals surface area (Å²) in [6.45, 7) is 1.15. The normalized spacial score (nSPS) is 15.3. The number of nitrogens with zero attached hydrogens (tertiary/aromatic N) is 5. The lowest BCUT2D eigenvalue weighted by Gasteiger charge is -2.14. The van der Waals surface area contributed by atoms with Crippen LogP contribution in [0.15, 0.2) is 36.7 Å². The second-order valence-corrected chi connectivity index (χ2v) is 8.81. The van der Waals surface area contributed by atoms with Gasteiger partial charge in [0.05, 0.1) is 23.7 Å². The fraction of sp³-hybridized carbons (Fsp3) is 0.381. The van der Waals surface area contributed by atoms with Gasteiger partial charge < -0.3 is 10.2 Å². The number of aromatic nitrogens is 5. The van der Waals surface area contributed by atoms with Crippen LogP contribution in [0.2, 0.25) is 0 Å². The van der Waals surface area contributed by atoms with Crippen molar-refractivity contribution in [2.75, 3.05) is 16.8 Å². The van der Waals surface area contributed by atoms with Gasteiger partial charge in [-0.3, -0.25) is 9.89 Å². The largest absolute Gasteiger partial charge is 0.351 e. The first-order valence-electron chi connectivity index (χ1n) is 10.1. The Labute approximate surface area is 178 Å². The predicted octanol–water partition coefficient (Wildman–Crippen LogP) is 1.99. The van der Waals surface area contributed by atoms with E-state index in [-0.39, 0.29) is 5.91 Å². The molecule has 30 heavy (non-hydrogen) atoms. The molecule has 0 bridgehead atoms. The highest BCUT2D eigenvalue weighted by molar-refractivity contribution is 7.99. The number of carbonyl (C=O) groups is 1. The first-order chi connectivity index (χ1) is 14.7. The van der Waals surface area contributed by atoms with Gasteiger partial charge in [-0.05, 0) is 29.7 Å². The van der Waals surface area contributed by atoms with Crippen molar-refractivity contribution >= 4 is 23.6 Å². The SMILES string of the molecule is O=C(CSCCc1c[nH]nn1)N1Cc2cnc(NC3Cc4ccccc4C3)nc2C1. The third-order valence-corrected chi connectivity index (χ3v) is 6.53. The van der Waals surface area contributed by atoms with Gasteiger partial charge in [0.2, 0.25) is 11.9 Å². The molecule has 8 nitrogen and oxygen atoms in total. The quantitative estimate of drug-likeness (QED) is 0.563. The average molecular weight is 422 g/mol. The van der Waals surface area contributed by atoms with E-state index in [9.17, 15) is 4.79 Å². The summed E-state index contributed by atoms with van der Waals surface area (Å²) in [6.07, 6.45) is 6.44. The first-order valence-corrected chi connectivity index (χ1v) is 11.3. The van der Waals surface area contributed by atoms with Crippen molar-refractivity contribution in [2.24, 2.45) is 0 Å². The monoisotopic (exact) mass is 421 g/mol. The molecule has 0 saturated carbocycles. The topological polar surface area (TPSA) is 99.7 Å². The Morgan fingerprint density at radius 1 is 1.20 bits per heavy atom. The molecule has 1 aliphatic heterocycles. The number of aryl methyl sites for hydroxylation is 1. The maximum absolute atomic E-state index is 12.6. The summed E-state index contributed by atoms with van der Waals surface area (Å²) >= 11 is 1.62. The molecule has 0 spiro atoms. The average Bonchev–Trinajstić information content (AvgIpc) is 3.49. The van der Waals surface area contributed by atoms with Gasteiger partial charge in [-0.1, -0.05) is 29.5 Å². The molecule has 0 fully saturated rings. The van der Waals surface area contributed by atoms with Gasteiger partial charge in [0.25, 0.3) is 0 Å². The van der Waals surface area contributed by atoms with Gasteiger partial charge in [-0.25, -0.2) is 9.97 Å². The minimum atomic E-state index is 0.138. The van der Waals surface area contributed by atoms with Crippen LogP contribution in [-0.4, -0.2) is 53.7 Å². The predicted molar refractivity (Wildman–Crippen MR) is 115 cm³/mol. The lowest BCUT2D eigenvalue weighted by Crippen LogP contribution is -2.27. The fourth-order valence-corrected chi connectivity index (χ4v) is 4.87. The molecule has 5 rings (SSSR count). The number of thioether (sulfide) groups is 1. The number of hydrogen-bond donors (Lipinski definition) is 2. The smallest absolute Gasteiger partial charge is 0.233 e. The van der Waals surface area contributed by atoms with Crippen LogP contribution in [0, 0.1) is 0 Å². The van der Waals surface area contributed by atoms with Crippen molar-refractivity contribution < 1.29 is 4.79 Å². The molecule has 3 heterocycles. The number of H-pyrrole nitrogens is 1. The molecule has 0 atom stereocenters. The summed E-state index contributed by atoms with van der Waals surface area (Å²) in [4.78, 5) is 23.6. The van der Waals surface area contributed by atoms with Gasteiger partial charge in [0.1, 0.15) is 0 Å². The summed E-state index contributed by atoms with van der Waals surface area (Å²) in [5.74, 6) is 2.10. The Bertz CT molecular complexity index is 1010. The lowest BCUT2D eigenvalue weighted by atomic mass is 10.1. The van der Waals surface area contributed by atoms with Gasteiger partial charge in [0, 0.05) is 37.0 Å². The highest BCUT2D eigenvalue weighted by Crippen LogP contribution is 2.26. The Morgan fingerprint density at radius 2 is 2.03 bits per heavy atom. The number of amides is 1. The zero-order chi connectivity index (χ0) is 20.3. The summed E-state index contributed by atoms with van der Waals surface area (Å²) in [5, 5.41) is 13.8. The molecule has 154 valence electrons. The van der Waals surface area contributed by atoms with E-state index in [2.05, 4.69) is 50.0 Å². The maximum atomic E-state index is 12.6. The molecule has 0 unspecified atom stereocenters. The zero-order valence-electron chi connectivity index (χ0n) is 16.5. The molecule has 2 aromatic heterocycles. The van der Waals surface area contributed by atoms with E-state index < -0.39 is 0 Å². The third kappa shape index (κ3) is 4.16. The van der Waals surface area contributed by atoms with E-state index in [0.717, 1.165) is 42.0 Å². The van der Waals surface area contributed by atoms with Crippen LogP contribution in [0.4, 0.5) is 5.95 Å². The van der Waals surface area contributed by atoms with Gasteiger partial charge >= 0.3 is 0 Å². The Balaban J connectivity index is 1.12. The van der Waals surface area contributed by atoms with Crippen LogP contribution in [0.3, 0.4) is 0 Å². The number of hydrogen-bond acceptors (Lipinski definition) is 7. The summed E-state index contributed by atoms with van der Waals surface area (Å²) in [6, 6.07) is 8.87. The molecule has 2 N–H and O–H groups in total. The molecule has 9 heteroatoms. The Hall–Kier alpha value is -2.94. The number of rotatable bonds is 7. The number of fused-ring (bicyclic) bond motifs is 2. The molecule has 2 aliphatic rings. The number of anilines is 1. The molecular weight excluding hydrogens is 398 g/mol. The van der Waals surface area contributed by atoms with E-state index in [4.69, 9.17) is 4.98 Å². The lowest BCUT2D eigenvalue weighted by molar-refractivity contribution is -0.128. The summed E-state index contributed by atoms with van der Waals surface area (Å²) in [5.41, 5.74) is 5.70. The van der Waals surface area contributed by atoms with Crippen LogP contribution in [0.1, 0.15) is 28.1 Å². The number of carbonyl (C=O) groups excluding carboxylic acids is 1. The molecule has 1 aliphatic carbocycles. The highest BCUT2D eigenvalue weighted by Gasteiger charge is 2.26. The van der Waals surface area contributed by atoms with Crippen molar-refractivity contribution in [1.82, 2.24) is 30.3 Å². The van der Waals surface area contributed by atoms with E-state index in [1.54, 1.807) is 18.0 Å². The van der Waals surface area contributed by atoms with Crippen molar-refractivity contribution in [2.45, 2.75) is 38.4 Å². The van der Waals surface area contributed by atoms with Crippen molar-refractivity contribution in [3.8, 4) is 0 Å². The molecule has 3 aromatic rings. The van der Waals surface area contributed by atoms with Crippen LogP contribution in [-0.2, 0) is 37.1 Å². The van der Waals surface area contributed by atoms with E-state index in [0.29, 0.717) is 30.8 Å². The van der Waals surface area contributed by atoms with Gasteiger partial charge in [-0.15, -0.1) is 5.10 Å². The Kier molecular flexibility index (Phi) is 5.35. The summed E-state index contributed by atoms with van der Waals surface area (Å²) < 4.78 is 0. The number of aromatic amines is 1. The van der Waals surface area contributed by atoms with E-state index in [1.165, 1.54) is 11.1 Å². The molecule has 1 aromatic carbocycles. The minimum absolute atomic E-state index is 0.138. The zero-order valence-corrected chi connectivity index (χ0v) is 17.4. The summed E-state index contributed by atoms with van der Waals surface area (Å²) in [7, 11) is 0. The fourth-order valence-electron chi connectivity index (χ4n) is 4.02. The standard InChI is InChI=1S/C21H23N7OS/c29-20(13-30-6-5-17-10-23-27-26-17)28-11-16-9-22-21(25-19(16)12-28)24-18-7-14-3-1-2-4-15(14)8-18/h1-4,9-10,18H,5-8,11-13H2,(H,22,24,25)(H,23,26,27). The highest BCUT2D eigenvalue weighted by atomic mass is 32.2. The van der Waals surface area contributed by atoms with Crippen molar-refractivity contribution in [1.29, 1.82) is 0 Å². The maximum Gasteiger partial charge on any atom is 0.233 e. The minimum Gasteiger partial charge on any atom is -0.351 e. The molecule has 0 saturated heterocycles. The van der Waals surface area contributed by atoms with Crippen LogP contribution >= 0.6 is 11.8 Å². The molecular formula is C21H23N7OS. The van der Waals surface area contributed by atoms with Crippen molar-refractivity contribution in [3.05, 3.63) is 64.7 Å². The first kappa shape index (κ1) is 19.0. The van der Waals surface area contributed by atoms with Gasteiger partial charge in [-0.2, -0.15) is 11.8 Å². The van der Waals surface area contributed by atoms with Crippen LogP contribution < -0.4 is 5.32 Å². The third-order valence-electron chi connectivity index (χ3n) is 5.59. The molecule has 1 amide bonds. The van der Waals surface area contributed by atoms with Crippen LogP contribution in [0.25, 0.3) is 0 Å².